The van der Waals surface area contributed by atoms with E-state index < -0.39 is 11.5 Å². The second kappa shape index (κ2) is 10.3. The summed E-state index contributed by atoms with van der Waals surface area (Å²) in [5.74, 6) is -1.77. The summed E-state index contributed by atoms with van der Waals surface area (Å²) >= 11 is 6.00. The molecule has 36 heavy (non-hydrogen) atoms. The molecule has 188 valence electrons. The molecule has 2 aliphatic rings. The fourth-order valence-electron chi connectivity index (χ4n) is 5.57. The molecule has 2 aliphatic heterocycles. The molecule has 2 saturated heterocycles. The van der Waals surface area contributed by atoms with Crippen LogP contribution >= 0.6 is 11.6 Å². The van der Waals surface area contributed by atoms with Crippen LogP contribution in [0.4, 0.5) is 8.78 Å². The second-order valence-electron chi connectivity index (χ2n) is 9.82. The highest BCUT2D eigenvalue weighted by Crippen LogP contribution is 2.41. The van der Waals surface area contributed by atoms with E-state index in [-0.39, 0.29) is 36.0 Å². The lowest BCUT2D eigenvalue weighted by Gasteiger charge is -2.40. The molecule has 2 fully saturated rings. The van der Waals surface area contributed by atoms with Gasteiger partial charge in [-0.05, 0) is 65.9 Å². The van der Waals surface area contributed by atoms with Gasteiger partial charge < -0.3 is 14.7 Å². The Bertz CT molecular complexity index is 1150. The van der Waals surface area contributed by atoms with Crippen LogP contribution in [0.15, 0.2) is 72.8 Å². The van der Waals surface area contributed by atoms with Crippen molar-refractivity contribution in [1.82, 2.24) is 4.90 Å². The Balaban J connectivity index is 1.35. The van der Waals surface area contributed by atoms with Crippen LogP contribution in [0.25, 0.3) is 0 Å². The number of halogens is 3. The number of cyclic esters (lactones) is 1. The monoisotopic (exact) mass is 511 g/mol. The van der Waals surface area contributed by atoms with E-state index in [1.165, 1.54) is 24.3 Å². The van der Waals surface area contributed by atoms with Crippen molar-refractivity contribution in [2.24, 2.45) is 11.8 Å². The van der Waals surface area contributed by atoms with E-state index in [0.29, 0.717) is 37.5 Å². The van der Waals surface area contributed by atoms with Gasteiger partial charge in [0.1, 0.15) is 11.6 Å². The standard InChI is InChI=1S/C29H28ClF2NO3/c30-22-7-5-21(6-8-22)29(35)13-15-33(16-14-29)17-25-26(18-36-28(25)34)27(19-1-9-23(31)10-2-19)20-3-11-24(32)12-4-20/h1-12,25-27,35H,13-18H2. The number of carbonyl (C=O) groups excluding carboxylic acids is 1. The molecule has 0 spiro atoms. The number of piperidine rings is 1. The molecule has 0 aliphatic carbocycles. The smallest absolute Gasteiger partial charge is 0.310 e. The zero-order valence-corrected chi connectivity index (χ0v) is 20.5. The third-order valence-corrected chi connectivity index (χ3v) is 7.90. The van der Waals surface area contributed by atoms with E-state index in [2.05, 4.69) is 4.90 Å². The maximum atomic E-state index is 13.7. The quantitative estimate of drug-likeness (QED) is 0.443. The van der Waals surface area contributed by atoms with E-state index in [1.807, 2.05) is 12.1 Å². The van der Waals surface area contributed by atoms with Crippen molar-refractivity contribution in [3.05, 3.63) is 106 Å². The molecule has 3 aromatic rings. The molecular weight excluding hydrogens is 484 g/mol. The lowest BCUT2D eigenvalue weighted by atomic mass is 9.75. The van der Waals surface area contributed by atoms with E-state index in [1.54, 1.807) is 36.4 Å². The van der Waals surface area contributed by atoms with Crippen LogP contribution in [0.1, 0.15) is 35.4 Å². The number of ether oxygens (including phenoxy) is 1. The predicted molar refractivity (Wildman–Crippen MR) is 134 cm³/mol. The number of aliphatic hydroxyl groups is 1. The number of nitrogens with zero attached hydrogens (tertiary/aromatic N) is 1. The largest absolute Gasteiger partial charge is 0.465 e. The summed E-state index contributed by atoms with van der Waals surface area (Å²) in [6.45, 7) is 2.01. The molecule has 5 rings (SSSR count). The molecule has 0 radical (unpaired) electrons. The number of likely N-dealkylation sites (tertiary alicyclic amines) is 1. The predicted octanol–water partition coefficient (Wildman–Crippen LogP) is 5.52. The van der Waals surface area contributed by atoms with Crippen molar-refractivity contribution in [3.8, 4) is 0 Å². The molecule has 0 amide bonds. The van der Waals surface area contributed by atoms with Crippen molar-refractivity contribution in [1.29, 1.82) is 0 Å². The molecule has 3 aromatic carbocycles. The third-order valence-electron chi connectivity index (χ3n) is 7.64. The maximum absolute atomic E-state index is 13.7. The number of rotatable bonds is 6. The summed E-state index contributed by atoms with van der Waals surface area (Å²) in [4.78, 5) is 15.1. The fraction of sp³-hybridized carbons (Fsp3) is 0.345. The van der Waals surface area contributed by atoms with Crippen LogP contribution in [-0.4, -0.2) is 42.2 Å². The lowest BCUT2D eigenvalue weighted by molar-refractivity contribution is -0.142. The minimum atomic E-state index is -0.929. The molecular formula is C29H28ClF2NO3. The van der Waals surface area contributed by atoms with Gasteiger partial charge in [0.2, 0.25) is 0 Å². The lowest BCUT2D eigenvalue weighted by Crippen LogP contribution is -2.45. The Morgan fingerprint density at radius 2 is 1.44 bits per heavy atom. The van der Waals surface area contributed by atoms with Gasteiger partial charge >= 0.3 is 5.97 Å². The van der Waals surface area contributed by atoms with Gasteiger partial charge in [-0.3, -0.25) is 4.79 Å². The Morgan fingerprint density at radius 1 is 0.917 bits per heavy atom. The third kappa shape index (κ3) is 5.17. The van der Waals surface area contributed by atoms with Crippen molar-refractivity contribution >= 4 is 17.6 Å². The molecule has 0 aromatic heterocycles. The van der Waals surface area contributed by atoms with Gasteiger partial charge in [0, 0.05) is 36.5 Å². The highest BCUT2D eigenvalue weighted by Gasteiger charge is 2.44. The summed E-state index contributed by atoms with van der Waals surface area (Å²) < 4.78 is 32.9. The molecule has 1 N–H and O–H groups in total. The highest BCUT2D eigenvalue weighted by molar-refractivity contribution is 6.30. The van der Waals surface area contributed by atoms with Gasteiger partial charge in [0.05, 0.1) is 18.1 Å². The van der Waals surface area contributed by atoms with Crippen LogP contribution in [0, 0.1) is 23.5 Å². The summed E-state index contributed by atoms with van der Waals surface area (Å²) in [6, 6.07) is 19.8. The average molecular weight is 512 g/mol. The van der Waals surface area contributed by atoms with Gasteiger partial charge in [-0.1, -0.05) is 48.0 Å². The molecule has 0 bridgehead atoms. The number of carbonyl (C=O) groups is 1. The Hall–Kier alpha value is -2.80. The summed E-state index contributed by atoms with van der Waals surface area (Å²) in [5, 5.41) is 11.9. The zero-order valence-electron chi connectivity index (χ0n) is 19.7. The Morgan fingerprint density at radius 3 is 1.97 bits per heavy atom. The van der Waals surface area contributed by atoms with Gasteiger partial charge in [0.15, 0.2) is 0 Å². The Labute approximate surface area is 214 Å². The minimum absolute atomic E-state index is 0.189. The fourth-order valence-corrected chi connectivity index (χ4v) is 5.70. The summed E-state index contributed by atoms with van der Waals surface area (Å²) in [7, 11) is 0. The first kappa shape index (κ1) is 24.9. The van der Waals surface area contributed by atoms with E-state index in [9.17, 15) is 18.7 Å². The van der Waals surface area contributed by atoms with Gasteiger partial charge in [0.25, 0.3) is 0 Å². The van der Waals surface area contributed by atoms with Crippen LogP contribution in [0.3, 0.4) is 0 Å². The molecule has 2 atom stereocenters. The molecule has 2 unspecified atom stereocenters. The molecule has 4 nitrogen and oxygen atoms in total. The number of hydrogen-bond donors (Lipinski definition) is 1. The average Bonchev–Trinajstić information content (AvgIpc) is 3.23. The van der Waals surface area contributed by atoms with E-state index >= 15 is 0 Å². The molecule has 0 saturated carbocycles. The van der Waals surface area contributed by atoms with E-state index in [4.69, 9.17) is 16.3 Å². The number of esters is 1. The number of benzene rings is 3. The van der Waals surface area contributed by atoms with Crippen molar-refractivity contribution in [2.45, 2.75) is 24.4 Å². The second-order valence-corrected chi connectivity index (χ2v) is 10.3. The Kier molecular flexibility index (Phi) is 7.11. The first-order chi connectivity index (χ1) is 17.3. The van der Waals surface area contributed by atoms with Crippen LogP contribution < -0.4 is 0 Å². The van der Waals surface area contributed by atoms with Crippen molar-refractivity contribution in [3.63, 3.8) is 0 Å². The summed E-state index contributed by atoms with van der Waals surface area (Å²) in [5.41, 5.74) is 1.62. The normalized spacial score (nSPS) is 22.1. The zero-order chi connectivity index (χ0) is 25.3. The summed E-state index contributed by atoms with van der Waals surface area (Å²) in [6.07, 6.45) is 1.08. The van der Waals surface area contributed by atoms with Gasteiger partial charge in [-0.25, -0.2) is 8.78 Å². The SMILES string of the molecule is O=C1OCC(C(c2ccc(F)cc2)c2ccc(F)cc2)C1CN1CCC(O)(c2ccc(Cl)cc2)CC1. The van der Waals surface area contributed by atoms with Crippen LogP contribution in [0.2, 0.25) is 5.02 Å². The molecule has 2 heterocycles. The van der Waals surface area contributed by atoms with Gasteiger partial charge in [-0.15, -0.1) is 0 Å². The molecule has 7 heteroatoms. The van der Waals surface area contributed by atoms with Crippen molar-refractivity contribution < 1.29 is 23.4 Å². The minimum Gasteiger partial charge on any atom is -0.465 e. The highest BCUT2D eigenvalue weighted by atomic mass is 35.5. The van der Waals surface area contributed by atoms with Gasteiger partial charge in [-0.2, -0.15) is 0 Å². The number of hydrogen-bond acceptors (Lipinski definition) is 4. The van der Waals surface area contributed by atoms with Crippen molar-refractivity contribution in [2.75, 3.05) is 26.2 Å². The first-order valence-corrected chi connectivity index (χ1v) is 12.6. The van der Waals surface area contributed by atoms with Crippen LogP contribution in [0.5, 0.6) is 0 Å². The topological polar surface area (TPSA) is 49.8 Å². The van der Waals surface area contributed by atoms with E-state index in [0.717, 1.165) is 16.7 Å². The maximum Gasteiger partial charge on any atom is 0.310 e. The first-order valence-electron chi connectivity index (χ1n) is 12.2. The van der Waals surface area contributed by atoms with Crippen LogP contribution in [-0.2, 0) is 15.1 Å².